The molecule has 2 aromatic rings. The van der Waals surface area contributed by atoms with Gasteiger partial charge >= 0.3 is 6.03 Å². The molecule has 170 valence electrons. The van der Waals surface area contributed by atoms with Crippen LogP contribution in [0.1, 0.15) is 63.1 Å². The van der Waals surface area contributed by atoms with Gasteiger partial charge in [-0.3, -0.25) is 4.79 Å². The van der Waals surface area contributed by atoms with Gasteiger partial charge in [0.05, 0.1) is 5.69 Å². The Labute approximate surface area is 190 Å². The van der Waals surface area contributed by atoms with Crippen LogP contribution in [0.25, 0.3) is 0 Å². The summed E-state index contributed by atoms with van der Waals surface area (Å²) in [6.07, 6.45) is 4.23. The van der Waals surface area contributed by atoms with Crippen molar-refractivity contribution in [3.63, 3.8) is 0 Å². The number of piperidine rings is 1. The van der Waals surface area contributed by atoms with Crippen LogP contribution in [0.3, 0.4) is 0 Å². The number of carbonyl (C=O) groups is 2. The molecule has 1 aromatic heterocycles. The number of benzene rings is 1. The van der Waals surface area contributed by atoms with E-state index in [1.807, 2.05) is 29.2 Å². The maximum atomic E-state index is 12.5. The number of amides is 3. The van der Waals surface area contributed by atoms with Crippen LogP contribution in [-0.2, 0) is 4.79 Å². The summed E-state index contributed by atoms with van der Waals surface area (Å²) in [4.78, 5) is 28.8. The third-order valence-corrected chi connectivity index (χ3v) is 6.34. The van der Waals surface area contributed by atoms with Crippen molar-refractivity contribution in [1.29, 1.82) is 0 Å². The predicted octanol–water partition coefficient (Wildman–Crippen LogP) is 4.25. The van der Waals surface area contributed by atoms with Crippen molar-refractivity contribution in [2.75, 3.05) is 31.5 Å². The summed E-state index contributed by atoms with van der Waals surface area (Å²) < 4.78 is 0. The van der Waals surface area contributed by atoms with E-state index in [1.54, 1.807) is 11.1 Å². The topological polar surface area (TPSA) is 78.4 Å². The average Bonchev–Trinajstić information content (AvgIpc) is 2.73. The molecule has 0 spiro atoms. The molecule has 0 saturated carbocycles. The zero-order chi connectivity index (χ0) is 22.7. The molecule has 2 fully saturated rings. The monoisotopic (exact) mass is 435 g/mol. The van der Waals surface area contributed by atoms with Crippen LogP contribution in [0.5, 0.6) is 0 Å². The van der Waals surface area contributed by atoms with Crippen molar-refractivity contribution < 1.29 is 9.59 Å². The number of anilines is 1. The SMILES string of the molecule is CC(C)(C)CC(=O)N1CCC(c2ccc(NC(=O)N3CC(c4cccnn4)C3)cc2)CC1. The molecule has 32 heavy (non-hydrogen) atoms. The number of likely N-dealkylation sites (tertiary alicyclic amines) is 2. The van der Waals surface area contributed by atoms with Crippen molar-refractivity contribution in [2.24, 2.45) is 5.41 Å². The van der Waals surface area contributed by atoms with E-state index in [0.717, 1.165) is 37.3 Å². The van der Waals surface area contributed by atoms with E-state index < -0.39 is 0 Å². The molecule has 2 saturated heterocycles. The van der Waals surface area contributed by atoms with Gasteiger partial charge in [-0.15, -0.1) is 0 Å². The van der Waals surface area contributed by atoms with Gasteiger partial charge in [-0.25, -0.2) is 4.79 Å². The maximum Gasteiger partial charge on any atom is 0.321 e. The highest BCUT2D eigenvalue weighted by Crippen LogP contribution is 2.31. The number of rotatable bonds is 4. The standard InChI is InChI=1S/C25H33N5O2/c1-25(2,3)15-23(31)29-13-10-19(11-14-29)18-6-8-21(9-7-18)27-24(32)30-16-20(17-30)22-5-4-12-26-28-22/h4-9,12,19-20H,10-11,13-17H2,1-3H3,(H,27,32). The van der Waals surface area contributed by atoms with E-state index >= 15 is 0 Å². The first kappa shape index (κ1) is 22.2. The Hall–Kier alpha value is -2.96. The first-order valence-electron chi connectivity index (χ1n) is 11.5. The molecule has 3 amide bonds. The lowest BCUT2D eigenvalue weighted by atomic mass is 9.87. The summed E-state index contributed by atoms with van der Waals surface area (Å²) in [7, 11) is 0. The molecule has 7 heteroatoms. The van der Waals surface area contributed by atoms with E-state index in [2.05, 4.69) is 48.4 Å². The number of nitrogens with zero attached hydrogens (tertiary/aromatic N) is 4. The van der Waals surface area contributed by atoms with Crippen molar-refractivity contribution in [3.05, 3.63) is 53.9 Å². The number of aromatic nitrogens is 2. The molecular formula is C25H33N5O2. The minimum atomic E-state index is -0.0800. The summed E-state index contributed by atoms with van der Waals surface area (Å²) in [5, 5.41) is 11.0. The smallest absolute Gasteiger partial charge is 0.321 e. The quantitative estimate of drug-likeness (QED) is 0.779. The van der Waals surface area contributed by atoms with E-state index in [0.29, 0.717) is 25.4 Å². The number of nitrogens with one attached hydrogen (secondary N) is 1. The molecule has 4 rings (SSSR count). The normalized spacial score (nSPS) is 17.7. The average molecular weight is 436 g/mol. The number of hydrogen-bond acceptors (Lipinski definition) is 4. The minimum Gasteiger partial charge on any atom is -0.343 e. The Bertz CT molecular complexity index is 925. The fourth-order valence-electron chi connectivity index (χ4n) is 4.43. The van der Waals surface area contributed by atoms with Gasteiger partial charge in [-0.05, 0) is 54.0 Å². The Balaban J connectivity index is 1.24. The van der Waals surface area contributed by atoms with Gasteiger partial charge < -0.3 is 15.1 Å². The van der Waals surface area contributed by atoms with Gasteiger partial charge in [0, 0.05) is 50.4 Å². The maximum absolute atomic E-state index is 12.5. The minimum absolute atomic E-state index is 0.0286. The zero-order valence-electron chi connectivity index (χ0n) is 19.3. The van der Waals surface area contributed by atoms with Crippen molar-refractivity contribution in [1.82, 2.24) is 20.0 Å². The van der Waals surface area contributed by atoms with Gasteiger partial charge in [0.1, 0.15) is 0 Å². The summed E-state index contributed by atoms with van der Waals surface area (Å²) in [6, 6.07) is 11.9. The molecule has 0 bridgehead atoms. The molecule has 3 heterocycles. The molecule has 1 N–H and O–H groups in total. The van der Waals surface area contributed by atoms with Gasteiger partial charge in [-0.2, -0.15) is 10.2 Å². The van der Waals surface area contributed by atoms with E-state index in [-0.39, 0.29) is 23.3 Å². The molecule has 1 aromatic carbocycles. The van der Waals surface area contributed by atoms with Crippen LogP contribution in [0.4, 0.5) is 10.5 Å². The Morgan fingerprint density at radius 3 is 2.28 bits per heavy atom. The molecular weight excluding hydrogens is 402 g/mol. The van der Waals surface area contributed by atoms with Crippen molar-refractivity contribution in [2.45, 2.75) is 51.9 Å². The highest BCUT2D eigenvalue weighted by atomic mass is 16.2. The predicted molar refractivity (Wildman–Crippen MR) is 124 cm³/mol. The number of hydrogen-bond donors (Lipinski definition) is 1. The molecule has 0 unspecified atom stereocenters. The molecule has 2 aliphatic heterocycles. The molecule has 0 radical (unpaired) electrons. The second-order valence-corrected chi connectivity index (χ2v) is 10.2. The van der Waals surface area contributed by atoms with Gasteiger partial charge in [0.2, 0.25) is 5.91 Å². The third-order valence-electron chi connectivity index (χ3n) is 6.34. The summed E-state index contributed by atoms with van der Waals surface area (Å²) in [5.74, 6) is 0.987. The van der Waals surface area contributed by atoms with Crippen LogP contribution in [0, 0.1) is 5.41 Å². The fourth-order valence-corrected chi connectivity index (χ4v) is 4.43. The molecule has 0 atom stereocenters. The Kier molecular flexibility index (Phi) is 6.44. The Morgan fingerprint density at radius 2 is 1.69 bits per heavy atom. The van der Waals surface area contributed by atoms with Gasteiger partial charge in [0.25, 0.3) is 0 Å². The highest BCUT2D eigenvalue weighted by Gasteiger charge is 2.33. The number of carbonyl (C=O) groups excluding carboxylic acids is 2. The summed E-state index contributed by atoms with van der Waals surface area (Å²) in [6.45, 7) is 9.28. The first-order valence-corrected chi connectivity index (χ1v) is 11.5. The fraction of sp³-hybridized carbons (Fsp3) is 0.520. The van der Waals surface area contributed by atoms with E-state index in [4.69, 9.17) is 0 Å². The van der Waals surface area contributed by atoms with Crippen molar-refractivity contribution in [3.8, 4) is 0 Å². The third kappa shape index (κ3) is 5.44. The van der Waals surface area contributed by atoms with E-state index in [9.17, 15) is 9.59 Å². The lowest BCUT2D eigenvalue weighted by Crippen LogP contribution is -2.50. The molecule has 7 nitrogen and oxygen atoms in total. The van der Waals surface area contributed by atoms with E-state index in [1.165, 1.54) is 5.56 Å². The highest BCUT2D eigenvalue weighted by molar-refractivity contribution is 5.90. The molecule has 2 aliphatic rings. The second kappa shape index (κ2) is 9.27. The van der Waals surface area contributed by atoms with Crippen LogP contribution in [-0.4, -0.2) is 58.1 Å². The van der Waals surface area contributed by atoms with Crippen LogP contribution < -0.4 is 5.32 Å². The van der Waals surface area contributed by atoms with Gasteiger partial charge in [0.15, 0.2) is 0 Å². The second-order valence-electron chi connectivity index (χ2n) is 10.2. The molecule has 0 aliphatic carbocycles. The zero-order valence-corrected chi connectivity index (χ0v) is 19.3. The van der Waals surface area contributed by atoms with Crippen LogP contribution in [0.15, 0.2) is 42.6 Å². The van der Waals surface area contributed by atoms with Gasteiger partial charge in [-0.1, -0.05) is 32.9 Å². The largest absolute Gasteiger partial charge is 0.343 e. The lowest BCUT2D eigenvalue weighted by Gasteiger charge is -2.38. The summed E-state index contributed by atoms with van der Waals surface area (Å²) >= 11 is 0. The van der Waals surface area contributed by atoms with Crippen LogP contribution >= 0.6 is 0 Å². The van der Waals surface area contributed by atoms with Crippen molar-refractivity contribution >= 4 is 17.6 Å². The lowest BCUT2D eigenvalue weighted by molar-refractivity contribution is -0.134. The van der Waals surface area contributed by atoms with Crippen LogP contribution in [0.2, 0.25) is 0 Å². The summed E-state index contributed by atoms with van der Waals surface area (Å²) in [5.41, 5.74) is 3.05. The first-order chi connectivity index (χ1) is 15.3. The Morgan fingerprint density at radius 1 is 1.00 bits per heavy atom. The number of urea groups is 1.